The Morgan fingerprint density at radius 3 is 2.74 bits per heavy atom. The number of carbonyl (C=O) groups is 1. The van der Waals surface area contributed by atoms with Crippen molar-refractivity contribution in [3.8, 4) is 0 Å². The van der Waals surface area contributed by atoms with Gasteiger partial charge in [-0.1, -0.05) is 23.7 Å². The number of halogens is 1. The molecule has 1 unspecified atom stereocenters. The second-order valence-corrected chi connectivity index (χ2v) is 8.28. The van der Waals surface area contributed by atoms with E-state index in [0.29, 0.717) is 28.3 Å². The van der Waals surface area contributed by atoms with E-state index in [4.69, 9.17) is 17.3 Å². The lowest BCUT2D eigenvalue weighted by atomic mass is 9.85. The van der Waals surface area contributed by atoms with Crippen LogP contribution in [0.4, 0.5) is 17.3 Å². The van der Waals surface area contributed by atoms with Crippen molar-refractivity contribution in [3.05, 3.63) is 76.6 Å². The number of nitrogens with zero attached hydrogens (tertiary/aromatic N) is 3. The zero-order valence-electron chi connectivity index (χ0n) is 16.9. The molecule has 2 aliphatic rings. The third-order valence-electron chi connectivity index (χ3n) is 5.86. The Kier molecular flexibility index (Phi) is 4.77. The Hall–Kier alpha value is -3.20. The van der Waals surface area contributed by atoms with Gasteiger partial charge in [-0.15, -0.1) is 0 Å². The lowest BCUT2D eigenvalue weighted by Crippen LogP contribution is -2.62. The molecule has 0 aliphatic carbocycles. The van der Waals surface area contributed by atoms with E-state index in [-0.39, 0.29) is 5.91 Å². The van der Waals surface area contributed by atoms with Crippen LogP contribution in [0.1, 0.15) is 28.4 Å². The quantitative estimate of drug-likeness (QED) is 0.498. The molecule has 0 radical (unpaired) electrons. The topological polar surface area (TPSA) is 108 Å². The fourth-order valence-corrected chi connectivity index (χ4v) is 4.53. The smallest absolute Gasteiger partial charge is 0.256 e. The molecule has 3 aromatic rings. The summed E-state index contributed by atoms with van der Waals surface area (Å²) < 4.78 is 0. The van der Waals surface area contributed by atoms with E-state index < -0.39 is 5.54 Å². The number of nitrogen functional groups attached to an aromatic ring is 1. The monoisotopic (exact) mass is 435 g/mol. The average Bonchev–Trinajstić information content (AvgIpc) is 3.01. The van der Waals surface area contributed by atoms with Gasteiger partial charge in [0, 0.05) is 41.6 Å². The van der Waals surface area contributed by atoms with Gasteiger partial charge < -0.3 is 21.4 Å². The van der Waals surface area contributed by atoms with Crippen molar-refractivity contribution in [1.82, 2.24) is 20.7 Å². The van der Waals surface area contributed by atoms with Crippen molar-refractivity contribution < 1.29 is 4.79 Å². The van der Waals surface area contributed by atoms with E-state index in [0.717, 1.165) is 29.9 Å². The molecule has 1 saturated heterocycles. The Bertz CT molecular complexity index is 1150. The molecule has 0 bridgehead atoms. The number of anilines is 3. The van der Waals surface area contributed by atoms with Crippen LogP contribution in [-0.2, 0) is 5.54 Å². The molecule has 1 aromatic carbocycles. The van der Waals surface area contributed by atoms with Crippen molar-refractivity contribution >= 4 is 34.8 Å². The van der Waals surface area contributed by atoms with Crippen LogP contribution in [0, 0.1) is 0 Å². The summed E-state index contributed by atoms with van der Waals surface area (Å²) in [5.74, 6) is 0.658. The Labute approximate surface area is 184 Å². The summed E-state index contributed by atoms with van der Waals surface area (Å²) in [5.41, 5.74) is 12.4. The lowest BCUT2D eigenvalue weighted by molar-refractivity contribution is 0.102. The minimum Gasteiger partial charge on any atom is -0.383 e. The highest BCUT2D eigenvalue weighted by Gasteiger charge is 2.46. The number of nitrogens with two attached hydrogens (primary N) is 1. The van der Waals surface area contributed by atoms with Gasteiger partial charge in [0.2, 0.25) is 0 Å². The molecule has 5 rings (SSSR count). The highest BCUT2D eigenvalue weighted by molar-refractivity contribution is 6.32. The summed E-state index contributed by atoms with van der Waals surface area (Å²) in [5, 5.41) is 8.68. The molecule has 1 amide bonds. The van der Waals surface area contributed by atoms with Crippen LogP contribution in [0.3, 0.4) is 0 Å². The van der Waals surface area contributed by atoms with E-state index in [1.807, 2.05) is 25.1 Å². The predicted octanol–water partition coefficient (Wildman–Crippen LogP) is 2.52. The van der Waals surface area contributed by atoms with Crippen molar-refractivity contribution in [2.24, 2.45) is 0 Å². The first-order chi connectivity index (χ1) is 15.0. The van der Waals surface area contributed by atoms with Gasteiger partial charge >= 0.3 is 0 Å². The number of nitrogens with one attached hydrogen (secondary N) is 3. The minimum absolute atomic E-state index is 0.277. The number of pyridine rings is 2. The van der Waals surface area contributed by atoms with Crippen molar-refractivity contribution in [1.29, 1.82) is 0 Å². The lowest BCUT2D eigenvalue weighted by Gasteiger charge is -2.39. The standard InChI is InChI=1S/C22H22ClN7O/c1-22(19-17(7-9-27-20(19)24)30(29-22)14-11-25-12-14)15-6-5-13(10-16(15)23)21(31)28-18-4-2-3-8-26-18/h2-10,14,25,29H,11-12H2,1H3,(H2,24,27)(H,26,28,31). The van der Waals surface area contributed by atoms with Crippen LogP contribution >= 0.6 is 11.6 Å². The van der Waals surface area contributed by atoms with Crippen molar-refractivity contribution in [3.63, 3.8) is 0 Å². The molecule has 31 heavy (non-hydrogen) atoms. The third-order valence-corrected chi connectivity index (χ3v) is 6.18. The average molecular weight is 436 g/mol. The number of benzene rings is 1. The maximum atomic E-state index is 12.6. The highest BCUT2D eigenvalue weighted by Crippen LogP contribution is 2.46. The summed E-state index contributed by atoms with van der Waals surface area (Å²) in [4.78, 5) is 21.1. The fourth-order valence-electron chi connectivity index (χ4n) is 4.16. The number of amides is 1. The van der Waals surface area contributed by atoms with Gasteiger partial charge in [0.25, 0.3) is 5.91 Å². The molecular weight excluding hydrogens is 414 g/mol. The Morgan fingerprint density at radius 1 is 1.23 bits per heavy atom. The van der Waals surface area contributed by atoms with E-state index in [9.17, 15) is 4.79 Å². The molecule has 5 N–H and O–H groups in total. The van der Waals surface area contributed by atoms with Crippen molar-refractivity contribution in [2.75, 3.05) is 29.1 Å². The van der Waals surface area contributed by atoms with Gasteiger partial charge in [0.15, 0.2) is 0 Å². The zero-order chi connectivity index (χ0) is 21.6. The molecular formula is C22H22ClN7O. The summed E-state index contributed by atoms with van der Waals surface area (Å²) in [6.45, 7) is 3.79. The normalized spacial score (nSPS) is 20.3. The Morgan fingerprint density at radius 2 is 2.06 bits per heavy atom. The number of carbonyl (C=O) groups excluding carboxylic acids is 1. The van der Waals surface area contributed by atoms with Crippen LogP contribution in [0.25, 0.3) is 0 Å². The zero-order valence-corrected chi connectivity index (χ0v) is 17.6. The van der Waals surface area contributed by atoms with Gasteiger partial charge in [-0.25, -0.2) is 15.4 Å². The van der Waals surface area contributed by atoms with E-state index in [1.54, 1.807) is 36.7 Å². The fraction of sp³-hybridized carbons (Fsp3) is 0.227. The maximum Gasteiger partial charge on any atom is 0.256 e. The number of hydrogen-bond donors (Lipinski definition) is 4. The van der Waals surface area contributed by atoms with Gasteiger partial charge in [0.05, 0.1) is 17.3 Å². The second-order valence-electron chi connectivity index (χ2n) is 7.87. The summed E-state index contributed by atoms with van der Waals surface area (Å²) >= 11 is 6.71. The third kappa shape index (κ3) is 3.29. The molecule has 1 fully saturated rings. The molecule has 2 aromatic heterocycles. The largest absolute Gasteiger partial charge is 0.383 e. The second kappa shape index (κ2) is 7.49. The SMILES string of the molecule is CC1(c2ccc(C(=O)Nc3ccccn3)cc2Cl)NN(C2CNC2)c2ccnc(N)c21. The minimum atomic E-state index is -0.684. The van der Waals surface area contributed by atoms with E-state index in [2.05, 4.69) is 31.0 Å². The summed E-state index contributed by atoms with van der Waals surface area (Å²) in [6.07, 6.45) is 3.34. The molecule has 1 atom stereocenters. The predicted molar refractivity (Wildman–Crippen MR) is 121 cm³/mol. The van der Waals surface area contributed by atoms with Crippen LogP contribution in [0.15, 0.2) is 54.9 Å². The number of hydrazine groups is 1. The molecule has 2 aliphatic heterocycles. The van der Waals surface area contributed by atoms with Gasteiger partial charge in [-0.05, 0) is 42.8 Å². The van der Waals surface area contributed by atoms with Gasteiger partial charge in [-0.3, -0.25) is 4.79 Å². The van der Waals surface area contributed by atoms with Crippen LogP contribution in [0.5, 0.6) is 0 Å². The molecule has 8 nitrogen and oxygen atoms in total. The highest BCUT2D eigenvalue weighted by atomic mass is 35.5. The summed E-state index contributed by atoms with van der Waals surface area (Å²) in [7, 11) is 0. The van der Waals surface area contributed by atoms with Crippen molar-refractivity contribution in [2.45, 2.75) is 18.5 Å². The first-order valence-corrected chi connectivity index (χ1v) is 10.4. The first-order valence-electron chi connectivity index (χ1n) is 10.0. The van der Waals surface area contributed by atoms with E-state index in [1.165, 1.54) is 0 Å². The Balaban J connectivity index is 1.49. The number of aromatic nitrogens is 2. The molecule has 4 heterocycles. The maximum absolute atomic E-state index is 12.6. The molecule has 9 heteroatoms. The van der Waals surface area contributed by atoms with Crippen LogP contribution in [-0.4, -0.2) is 35.0 Å². The summed E-state index contributed by atoms with van der Waals surface area (Å²) in [6, 6.07) is 12.9. The van der Waals surface area contributed by atoms with Gasteiger partial charge in [-0.2, -0.15) is 0 Å². The van der Waals surface area contributed by atoms with Gasteiger partial charge in [0.1, 0.15) is 11.6 Å². The number of rotatable bonds is 4. The molecule has 0 spiro atoms. The van der Waals surface area contributed by atoms with E-state index >= 15 is 0 Å². The molecule has 158 valence electrons. The molecule has 0 saturated carbocycles. The van der Waals surface area contributed by atoms with Crippen LogP contribution in [0.2, 0.25) is 5.02 Å². The number of fused-ring (bicyclic) bond motifs is 1. The first kappa shape index (κ1) is 19.7. The van der Waals surface area contributed by atoms with Crippen LogP contribution < -0.4 is 26.8 Å². The number of hydrogen-bond acceptors (Lipinski definition) is 7.